The van der Waals surface area contributed by atoms with E-state index >= 15 is 0 Å². The van der Waals surface area contributed by atoms with Crippen molar-refractivity contribution in [3.8, 4) is 0 Å². The zero-order chi connectivity index (χ0) is 34.8. The van der Waals surface area contributed by atoms with Crippen LogP contribution in [0.5, 0.6) is 0 Å². The maximum atomic E-state index is 11.0. The summed E-state index contributed by atoms with van der Waals surface area (Å²) in [4.78, 5) is 44.1. The van der Waals surface area contributed by atoms with E-state index < -0.39 is 11.9 Å². The molecule has 0 fully saturated rings. The molecule has 6 N–H and O–H groups in total. The van der Waals surface area contributed by atoms with Crippen molar-refractivity contribution in [1.82, 2.24) is 19.9 Å². The van der Waals surface area contributed by atoms with Crippen LogP contribution in [0.15, 0.2) is 11.1 Å². The summed E-state index contributed by atoms with van der Waals surface area (Å²) < 4.78 is 0. The molecule has 0 saturated heterocycles. The molecule has 0 aliphatic heterocycles. The van der Waals surface area contributed by atoms with Gasteiger partial charge in [0.15, 0.2) is 11.2 Å². The van der Waals surface area contributed by atoms with Crippen molar-refractivity contribution >= 4 is 29.1 Å². The predicted molar refractivity (Wildman–Crippen MR) is 195 cm³/mol. The Hall–Kier alpha value is -2.91. The first kappa shape index (κ1) is 44.1. The molecule has 2 rings (SSSR count). The van der Waals surface area contributed by atoms with Gasteiger partial charge in [0, 0.05) is 12.8 Å². The van der Waals surface area contributed by atoms with E-state index in [1.165, 1.54) is 148 Å². The second kappa shape index (κ2) is 33.0. The summed E-state index contributed by atoms with van der Waals surface area (Å²) in [5, 5.41) is 17.0. The van der Waals surface area contributed by atoms with Crippen LogP contribution in [0.4, 0.5) is 5.95 Å². The average molecular weight is 664 g/mol. The van der Waals surface area contributed by atoms with Gasteiger partial charge in [-0.05, 0) is 12.8 Å². The number of carboxylic acids is 2. The number of aliphatic carboxylic acids is 2. The lowest BCUT2D eigenvalue weighted by molar-refractivity contribution is -0.138. The number of nitrogen functional groups attached to an aromatic ring is 1. The maximum absolute atomic E-state index is 11.0. The van der Waals surface area contributed by atoms with Gasteiger partial charge in [0.2, 0.25) is 5.95 Å². The summed E-state index contributed by atoms with van der Waals surface area (Å²) in [7, 11) is 0. The number of aromatic amines is 2. The molecule has 10 nitrogen and oxygen atoms in total. The first-order chi connectivity index (χ1) is 22.8. The monoisotopic (exact) mass is 664 g/mol. The molecular formula is C37H69N5O5. The van der Waals surface area contributed by atoms with E-state index in [2.05, 4.69) is 33.8 Å². The van der Waals surface area contributed by atoms with Gasteiger partial charge < -0.3 is 20.9 Å². The van der Waals surface area contributed by atoms with Crippen LogP contribution in [0.3, 0.4) is 0 Å². The van der Waals surface area contributed by atoms with Gasteiger partial charge in [0.05, 0.1) is 6.33 Å². The number of hydrogen-bond acceptors (Lipinski definition) is 6. The largest absolute Gasteiger partial charge is 0.481 e. The summed E-state index contributed by atoms with van der Waals surface area (Å²) in [5.74, 6) is -1.23. The number of carboxylic acid groups (broad SMARTS) is 2. The van der Waals surface area contributed by atoms with Gasteiger partial charge in [0.1, 0.15) is 0 Å². The number of nitrogens with one attached hydrogen (secondary N) is 2. The lowest BCUT2D eigenvalue weighted by Gasteiger charge is -2.02. The number of unbranched alkanes of at least 4 members (excludes halogenated alkanes) is 24. The smallest absolute Gasteiger partial charge is 0.303 e. The van der Waals surface area contributed by atoms with E-state index in [-0.39, 0.29) is 11.5 Å². The molecule has 0 saturated carbocycles. The summed E-state index contributed by atoms with van der Waals surface area (Å²) >= 11 is 0. The van der Waals surface area contributed by atoms with E-state index in [4.69, 9.17) is 15.9 Å². The Labute approximate surface area is 284 Å². The first-order valence-corrected chi connectivity index (χ1v) is 18.9. The molecule has 2 aromatic heterocycles. The normalized spacial score (nSPS) is 10.7. The van der Waals surface area contributed by atoms with Gasteiger partial charge >= 0.3 is 11.9 Å². The fraction of sp³-hybridized carbons (Fsp3) is 0.811. The average Bonchev–Trinajstić information content (AvgIpc) is 3.51. The molecule has 2 heterocycles. The van der Waals surface area contributed by atoms with Crippen LogP contribution in [0.25, 0.3) is 11.2 Å². The van der Waals surface area contributed by atoms with Crippen molar-refractivity contribution in [2.24, 2.45) is 0 Å². The zero-order valence-electron chi connectivity index (χ0n) is 30.0. The second-order valence-electron chi connectivity index (χ2n) is 12.8. The van der Waals surface area contributed by atoms with Crippen LogP contribution < -0.4 is 11.3 Å². The minimum atomic E-state index is -0.655. The van der Waals surface area contributed by atoms with Crippen molar-refractivity contribution in [2.75, 3.05) is 5.73 Å². The quantitative estimate of drug-likeness (QED) is 0.0559. The van der Waals surface area contributed by atoms with Crippen LogP contribution in [0, 0.1) is 0 Å². The Balaban J connectivity index is 0.000000693. The highest BCUT2D eigenvalue weighted by atomic mass is 16.4. The van der Waals surface area contributed by atoms with Crippen LogP contribution in [-0.2, 0) is 9.59 Å². The van der Waals surface area contributed by atoms with Crippen molar-refractivity contribution in [2.45, 2.75) is 194 Å². The molecule has 0 aromatic carbocycles. The van der Waals surface area contributed by atoms with E-state index in [1.807, 2.05) is 0 Å². The molecule has 10 heteroatoms. The molecule has 0 aliphatic carbocycles. The molecule has 0 aliphatic rings. The third-order valence-electron chi connectivity index (χ3n) is 8.30. The highest BCUT2D eigenvalue weighted by molar-refractivity contribution is 5.69. The summed E-state index contributed by atoms with van der Waals surface area (Å²) in [6, 6.07) is 0. The van der Waals surface area contributed by atoms with E-state index in [0.29, 0.717) is 24.0 Å². The van der Waals surface area contributed by atoms with Crippen LogP contribution in [0.1, 0.15) is 194 Å². The third kappa shape index (κ3) is 30.2. The number of fused-ring (bicyclic) bond motifs is 1. The minimum Gasteiger partial charge on any atom is -0.481 e. The molecule has 0 atom stereocenters. The molecule has 2 aromatic rings. The third-order valence-corrected chi connectivity index (χ3v) is 8.30. The number of imidazole rings is 1. The van der Waals surface area contributed by atoms with E-state index in [0.717, 1.165) is 25.7 Å². The Morgan fingerprint density at radius 1 is 0.596 bits per heavy atom. The predicted octanol–water partition coefficient (Wildman–Crippen LogP) is 10.3. The van der Waals surface area contributed by atoms with Crippen LogP contribution in [-0.4, -0.2) is 42.1 Å². The lowest BCUT2D eigenvalue weighted by Crippen LogP contribution is -2.10. The molecule has 0 unspecified atom stereocenters. The van der Waals surface area contributed by atoms with Crippen molar-refractivity contribution < 1.29 is 19.8 Å². The fourth-order valence-corrected chi connectivity index (χ4v) is 5.45. The van der Waals surface area contributed by atoms with E-state index in [9.17, 15) is 14.4 Å². The summed E-state index contributed by atoms with van der Waals surface area (Å²) in [6.07, 6.45) is 35.9. The van der Waals surface area contributed by atoms with Crippen molar-refractivity contribution in [3.05, 3.63) is 16.7 Å². The molecule has 0 radical (unpaired) electrons. The van der Waals surface area contributed by atoms with Crippen molar-refractivity contribution in [3.63, 3.8) is 0 Å². The van der Waals surface area contributed by atoms with Gasteiger partial charge in [-0.2, -0.15) is 4.98 Å². The van der Waals surface area contributed by atoms with Gasteiger partial charge in [-0.15, -0.1) is 0 Å². The number of anilines is 1. The second-order valence-corrected chi connectivity index (χ2v) is 12.8. The van der Waals surface area contributed by atoms with Crippen molar-refractivity contribution in [1.29, 1.82) is 0 Å². The minimum absolute atomic E-state index is 0.0783. The number of hydrogen-bond donors (Lipinski definition) is 5. The highest BCUT2D eigenvalue weighted by Gasteiger charge is 2.02. The standard InChI is InChI=1S/2C16H32O2.C5H5N5O/c2*1-2-3-4-5-6-7-8-9-10-11-12-13-14-15-16(17)18;6-5-9-3-2(4(11)10-5)7-1-8-3/h2*2-15H2,1H3,(H,17,18);1H,(H4,6,7,8,9,10,11). The van der Waals surface area contributed by atoms with Gasteiger partial charge in [0.25, 0.3) is 5.56 Å². The van der Waals surface area contributed by atoms with Crippen LogP contribution in [0.2, 0.25) is 0 Å². The summed E-state index contributed by atoms with van der Waals surface area (Å²) in [6.45, 7) is 4.52. The molecule has 0 spiro atoms. The van der Waals surface area contributed by atoms with Gasteiger partial charge in [-0.25, -0.2) is 4.98 Å². The van der Waals surface area contributed by atoms with Gasteiger partial charge in [-0.3, -0.25) is 19.4 Å². The molecule has 0 amide bonds. The number of aromatic nitrogens is 4. The fourth-order valence-electron chi connectivity index (χ4n) is 5.45. The number of H-pyrrole nitrogens is 2. The van der Waals surface area contributed by atoms with E-state index in [1.54, 1.807) is 0 Å². The SMILES string of the molecule is CCCCCCCCCCCCCCCC(=O)O.CCCCCCCCCCCCCCCC(=O)O.Nc1nc2nc[nH]c2c(=O)[nH]1. The van der Waals surface area contributed by atoms with Gasteiger partial charge in [-0.1, -0.05) is 168 Å². The molecule has 0 bridgehead atoms. The van der Waals surface area contributed by atoms with Crippen LogP contribution >= 0.6 is 0 Å². The number of nitrogens with two attached hydrogens (primary N) is 1. The topological polar surface area (TPSA) is 175 Å². The number of carbonyl (C=O) groups is 2. The first-order valence-electron chi connectivity index (χ1n) is 18.9. The highest BCUT2D eigenvalue weighted by Crippen LogP contribution is 2.14. The summed E-state index contributed by atoms with van der Waals surface area (Å²) in [5.41, 5.74) is 5.65. The zero-order valence-corrected chi connectivity index (χ0v) is 30.0. The lowest BCUT2D eigenvalue weighted by atomic mass is 10.0. The Morgan fingerprint density at radius 2 is 0.915 bits per heavy atom. The Bertz CT molecular complexity index is 1020. The molecular weight excluding hydrogens is 594 g/mol. The number of nitrogens with zero attached hydrogens (tertiary/aromatic N) is 2. The number of rotatable bonds is 28. The Morgan fingerprint density at radius 3 is 1.23 bits per heavy atom. The molecule has 272 valence electrons. The maximum Gasteiger partial charge on any atom is 0.303 e. The molecule has 47 heavy (non-hydrogen) atoms. The Kier molecular flexibility index (Phi) is 31.0.